The second kappa shape index (κ2) is 5.70. The number of aromatic amines is 1. The van der Waals surface area contributed by atoms with Crippen molar-refractivity contribution in [3.8, 4) is 0 Å². The number of rotatable bonds is 5. The van der Waals surface area contributed by atoms with Gasteiger partial charge in [-0.2, -0.15) is 5.10 Å². The van der Waals surface area contributed by atoms with Crippen LogP contribution in [0.25, 0.3) is 0 Å². The number of hydrogen-bond donors (Lipinski definition) is 3. The van der Waals surface area contributed by atoms with Crippen molar-refractivity contribution >= 4 is 15.8 Å². The fourth-order valence-electron chi connectivity index (χ4n) is 1.89. The second-order valence-electron chi connectivity index (χ2n) is 4.78. The number of anilines is 1. The SMILES string of the molecule is CC(C)n1cc(S(=O)(=O)Nc2ccc(=O)[nH]n2)cc1CN. The fourth-order valence-corrected chi connectivity index (χ4v) is 2.94. The van der Waals surface area contributed by atoms with E-state index in [0.717, 1.165) is 5.69 Å². The van der Waals surface area contributed by atoms with Gasteiger partial charge in [0.15, 0.2) is 5.82 Å². The highest BCUT2D eigenvalue weighted by Crippen LogP contribution is 2.20. The van der Waals surface area contributed by atoms with Crippen LogP contribution in [0.5, 0.6) is 0 Å². The van der Waals surface area contributed by atoms with Gasteiger partial charge >= 0.3 is 0 Å². The average molecular weight is 311 g/mol. The third-order valence-corrected chi connectivity index (χ3v) is 4.22. The molecule has 8 nitrogen and oxygen atoms in total. The Hall–Kier alpha value is -2.13. The van der Waals surface area contributed by atoms with Crippen molar-refractivity contribution in [2.75, 3.05) is 4.72 Å². The highest BCUT2D eigenvalue weighted by Gasteiger charge is 2.19. The van der Waals surface area contributed by atoms with E-state index in [0.29, 0.717) is 0 Å². The molecule has 0 saturated carbocycles. The topological polar surface area (TPSA) is 123 Å². The van der Waals surface area contributed by atoms with Crippen molar-refractivity contribution in [1.29, 1.82) is 0 Å². The lowest BCUT2D eigenvalue weighted by molar-refractivity contribution is 0.573. The standard InChI is InChI=1S/C12H17N5O3S/c1-8(2)17-7-10(5-9(17)6-13)21(19,20)16-11-3-4-12(18)15-14-11/h3-5,7-8H,6,13H2,1-2H3,(H,14,16)(H,15,18). The van der Waals surface area contributed by atoms with E-state index in [-0.39, 0.29) is 23.3 Å². The molecule has 0 amide bonds. The number of H-pyrrole nitrogens is 1. The Labute approximate surface area is 122 Å². The summed E-state index contributed by atoms with van der Waals surface area (Å²) in [4.78, 5) is 11.0. The molecule has 9 heteroatoms. The van der Waals surface area contributed by atoms with Crippen LogP contribution in [-0.4, -0.2) is 23.2 Å². The van der Waals surface area contributed by atoms with E-state index in [4.69, 9.17) is 5.73 Å². The van der Waals surface area contributed by atoms with Gasteiger partial charge in [0.1, 0.15) is 4.90 Å². The molecule has 2 heterocycles. The van der Waals surface area contributed by atoms with E-state index in [1.165, 1.54) is 24.4 Å². The van der Waals surface area contributed by atoms with Crippen molar-refractivity contribution in [3.63, 3.8) is 0 Å². The summed E-state index contributed by atoms with van der Waals surface area (Å²) < 4.78 is 28.7. The van der Waals surface area contributed by atoms with E-state index < -0.39 is 15.6 Å². The minimum atomic E-state index is -3.78. The molecular weight excluding hydrogens is 294 g/mol. The lowest BCUT2D eigenvalue weighted by Gasteiger charge is -2.10. The zero-order valence-electron chi connectivity index (χ0n) is 11.7. The van der Waals surface area contributed by atoms with E-state index in [1.54, 1.807) is 4.57 Å². The predicted octanol–water partition coefficient (Wildman–Crippen LogP) is 0.412. The number of sulfonamides is 1. The van der Waals surface area contributed by atoms with Crippen LogP contribution in [-0.2, 0) is 16.6 Å². The van der Waals surface area contributed by atoms with Gasteiger partial charge in [0.05, 0.1) is 0 Å². The number of nitrogens with two attached hydrogens (primary N) is 1. The Morgan fingerprint density at radius 1 is 1.43 bits per heavy atom. The summed E-state index contributed by atoms with van der Waals surface area (Å²) in [6, 6.07) is 4.10. The zero-order chi connectivity index (χ0) is 15.6. The van der Waals surface area contributed by atoms with Crippen LogP contribution in [0.2, 0.25) is 0 Å². The number of nitrogens with one attached hydrogen (secondary N) is 2. The second-order valence-corrected chi connectivity index (χ2v) is 6.47. The molecule has 0 aliphatic carbocycles. The number of aromatic nitrogens is 3. The van der Waals surface area contributed by atoms with E-state index in [9.17, 15) is 13.2 Å². The van der Waals surface area contributed by atoms with Crippen LogP contribution in [0.4, 0.5) is 5.82 Å². The van der Waals surface area contributed by atoms with Crippen LogP contribution in [0, 0.1) is 0 Å². The third-order valence-electron chi connectivity index (χ3n) is 2.90. The molecule has 114 valence electrons. The molecule has 2 aromatic heterocycles. The maximum atomic E-state index is 12.3. The van der Waals surface area contributed by atoms with Crippen molar-refractivity contribution in [2.24, 2.45) is 5.73 Å². The maximum absolute atomic E-state index is 12.3. The maximum Gasteiger partial charge on any atom is 0.264 e. The molecule has 0 atom stereocenters. The summed E-state index contributed by atoms with van der Waals surface area (Å²) in [6.45, 7) is 4.11. The first-order chi connectivity index (χ1) is 9.83. The van der Waals surface area contributed by atoms with Crippen molar-refractivity contribution < 1.29 is 8.42 Å². The summed E-state index contributed by atoms with van der Waals surface area (Å²) in [5.41, 5.74) is 5.94. The van der Waals surface area contributed by atoms with Crippen LogP contribution in [0.1, 0.15) is 25.6 Å². The molecular formula is C12H17N5O3S. The molecule has 0 aromatic carbocycles. The van der Waals surface area contributed by atoms with Crippen molar-refractivity contribution in [1.82, 2.24) is 14.8 Å². The molecule has 0 saturated heterocycles. The molecule has 0 fully saturated rings. The van der Waals surface area contributed by atoms with Gasteiger partial charge in [-0.1, -0.05) is 0 Å². The predicted molar refractivity (Wildman–Crippen MR) is 78.4 cm³/mol. The molecule has 2 rings (SSSR count). The molecule has 4 N–H and O–H groups in total. The Kier molecular flexibility index (Phi) is 4.14. The van der Waals surface area contributed by atoms with Gasteiger partial charge in [0.2, 0.25) is 0 Å². The Morgan fingerprint density at radius 3 is 2.62 bits per heavy atom. The fraction of sp³-hybridized carbons (Fsp3) is 0.333. The van der Waals surface area contributed by atoms with Gasteiger partial charge in [-0.15, -0.1) is 0 Å². The molecule has 2 aromatic rings. The quantitative estimate of drug-likeness (QED) is 0.738. The van der Waals surface area contributed by atoms with E-state index in [2.05, 4.69) is 14.9 Å². The van der Waals surface area contributed by atoms with Gasteiger partial charge in [-0.3, -0.25) is 9.52 Å². The first kappa shape index (κ1) is 15.3. The molecule has 0 aliphatic heterocycles. The Bertz CT molecular complexity index is 771. The highest BCUT2D eigenvalue weighted by atomic mass is 32.2. The normalized spacial score (nSPS) is 11.8. The molecule has 0 spiro atoms. The van der Waals surface area contributed by atoms with E-state index >= 15 is 0 Å². The van der Waals surface area contributed by atoms with Crippen molar-refractivity contribution in [2.45, 2.75) is 31.3 Å². The lowest BCUT2D eigenvalue weighted by atomic mass is 10.3. The molecule has 0 aliphatic rings. The minimum absolute atomic E-state index is 0.0428. The summed E-state index contributed by atoms with van der Waals surface area (Å²) in [5.74, 6) is 0.0428. The molecule has 0 unspecified atom stereocenters. The van der Waals surface area contributed by atoms with Gasteiger partial charge in [-0.05, 0) is 26.0 Å². The molecule has 0 bridgehead atoms. The first-order valence-corrected chi connectivity index (χ1v) is 7.81. The van der Waals surface area contributed by atoms with Crippen LogP contribution >= 0.6 is 0 Å². The Balaban J connectivity index is 2.35. The highest BCUT2D eigenvalue weighted by molar-refractivity contribution is 7.92. The smallest absolute Gasteiger partial charge is 0.264 e. The number of nitrogens with zero attached hydrogens (tertiary/aromatic N) is 2. The summed E-state index contributed by atoms with van der Waals surface area (Å²) >= 11 is 0. The van der Waals surface area contributed by atoms with Crippen LogP contribution in [0.3, 0.4) is 0 Å². The van der Waals surface area contributed by atoms with Gasteiger partial charge in [0.25, 0.3) is 15.6 Å². The largest absolute Gasteiger partial charge is 0.346 e. The number of hydrogen-bond acceptors (Lipinski definition) is 5. The van der Waals surface area contributed by atoms with E-state index in [1.807, 2.05) is 13.8 Å². The monoisotopic (exact) mass is 311 g/mol. The Morgan fingerprint density at radius 2 is 2.14 bits per heavy atom. The third kappa shape index (κ3) is 3.31. The summed E-state index contributed by atoms with van der Waals surface area (Å²) in [7, 11) is -3.78. The summed E-state index contributed by atoms with van der Waals surface area (Å²) in [5, 5.41) is 5.78. The lowest BCUT2D eigenvalue weighted by Crippen LogP contribution is -2.16. The molecule has 0 radical (unpaired) electrons. The van der Waals surface area contributed by atoms with Gasteiger partial charge in [0, 0.05) is 30.5 Å². The minimum Gasteiger partial charge on any atom is -0.346 e. The van der Waals surface area contributed by atoms with Crippen LogP contribution < -0.4 is 16.0 Å². The van der Waals surface area contributed by atoms with Crippen molar-refractivity contribution in [3.05, 3.63) is 40.4 Å². The van der Waals surface area contributed by atoms with Gasteiger partial charge < -0.3 is 10.3 Å². The average Bonchev–Trinajstić information content (AvgIpc) is 2.86. The van der Waals surface area contributed by atoms with Crippen LogP contribution in [0.15, 0.2) is 34.1 Å². The van der Waals surface area contributed by atoms with Gasteiger partial charge in [-0.25, -0.2) is 13.5 Å². The summed E-state index contributed by atoms with van der Waals surface area (Å²) in [6.07, 6.45) is 1.53. The zero-order valence-corrected chi connectivity index (χ0v) is 12.5. The first-order valence-electron chi connectivity index (χ1n) is 6.33. The molecule has 21 heavy (non-hydrogen) atoms.